The van der Waals surface area contributed by atoms with Gasteiger partial charge in [-0.25, -0.2) is 0 Å². The van der Waals surface area contributed by atoms with Crippen LogP contribution < -0.4 is 15.2 Å². The summed E-state index contributed by atoms with van der Waals surface area (Å²) in [5.41, 5.74) is 7.87. The van der Waals surface area contributed by atoms with Crippen molar-refractivity contribution in [3.63, 3.8) is 0 Å². The number of rotatable bonds is 2. The van der Waals surface area contributed by atoms with E-state index in [0.717, 1.165) is 33.4 Å². The molecule has 3 aromatic rings. The number of carbonyl (C=O) groups is 1. The molecule has 0 saturated heterocycles. The zero-order valence-electron chi connectivity index (χ0n) is 11.7. The van der Waals surface area contributed by atoms with E-state index in [4.69, 9.17) is 15.2 Å². The van der Waals surface area contributed by atoms with Crippen molar-refractivity contribution in [2.24, 2.45) is 5.73 Å². The van der Waals surface area contributed by atoms with E-state index in [-0.39, 0.29) is 6.79 Å². The van der Waals surface area contributed by atoms with Crippen LogP contribution in [0.2, 0.25) is 0 Å². The molecule has 0 spiro atoms. The number of primary amides is 1. The van der Waals surface area contributed by atoms with Gasteiger partial charge in [-0.3, -0.25) is 4.79 Å². The van der Waals surface area contributed by atoms with E-state index in [2.05, 4.69) is 0 Å². The Hall–Kier alpha value is -3.01. The molecule has 4 nitrogen and oxygen atoms in total. The van der Waals surface area contributed by atoms with Crippen molar-refractivity contribution in [3.05, 3.63) is 60.2 Å². The summed E-state index contributed by atoms with van der Waals surface area (Å²) < 4.78 is 11.0. The average Bonchev–Trinajstić information content (AvgIpc) is 3.02. The highest BCUT2D eigenvalue weighted by Gasteiger charge is 2.19. The maximum atomic E-state index is 11.3. The van der Waals surface area contributed by atoms with Crippen molar-refractivity contribution in [1.82, 2.24) is 0 Å². The Morgan fingerprint density at radius 1 is 0.955 bits per heavy atom. The van der Waals surface area contributed by atoms with Gasteiger partial charge < -0.3 is 15.2 Å². The number of hydrogen-bond donors (Lipinski definition) is 1. The summed E-state index contributed by atoms with van der Waals surface area (Å²) in [6, 6.07) is 17.3. The predicted molar refractivity (Wildman–Crippen MR) is 84.0 cm³/mol. The molecule has 1 aliphatic rings. The fourth-order valence-electron chi connectivity index (χ4n) is 2.81. The highest BCUT2D eigenvalue weighted by Crippen LogP contribution is 2.43. The van der Waals surface area contributed by atoms with E-state index in [0.29, 0.717) is 5.56 Å². The van der Waals surface area contributed by atoms with Crippen LogP contribution in [0.1, 0.15) is 10.4 Å². The largest absolute Gasteiger partial charge is 0.454 e. The lowest BCUT2D eigenvalue weighted by atomic mass is 9.96. The number of ether oxygens (including phenoxy) is 2. The molecule has 0 aliphatic carbocycles. The molecule has 0 fully saturated rings. The number of fused-ring (bicyclic) bond motifs is 2. The van der Waals surface area contributed by atoms with Gasteiger partial charge in [-0.1, -0.05) is 36.4 Å². The van der Waals surface area contributed by atoms with Gasteiger partial charge in [0.15, 0.2) is 11.5 Å². The first-order valence-corrected chi connectivity index (χ1v) is 6.95. The molecule has 2 N–H and O–H groups in total. The van der Waals surface area contributed by atoms with Crippen LogP contribution in [0.15, 0.2) is 54.6 Å². The second kappa shape index (κ2) is 4.77. The molecule has 22 heavy (non-hydrogen) atoms. The molecule has 4 rings (SSSR count). The summed E-state index contributed by atoms with van der Waals surface area (Å²) in [4.78, 5) is 11.3. The molecule has 0 bridgehead atoms. The SMILES string of the molecule is NC(=O)c1ccc2c(-c3cccc4c3OCO4)cccc2c1. The molecular weight excluding hydrogens is 278 g/mol. The monoisotopic (exact) mass is 291 g/mol. The Kier molecular flexibility index (Phi) is 2.76. The summed E-state index contributed by atoms with van der Waals surface area (Å²) in [5.74, 6) is 1.09. The van der Waals surface area contributed by atoms with Gasteiger partial charge in [-0.2, -0.15) is 0 Å². The summed E-state index contributed by atoms with van der Waals surface area (Å²) in [6.45, 7) is 0.239. The van der Waals surface area contributed by atoms with Gasteiger partial charge in [0.25, 0.3) is 0 Å². The Bertz CT molecular complexity index is 902. The second-order valence-electron chi connectivity index (χ2n) is 5.15. The number of amides is 1. The summed E-state index contributed by atoms with van der Waals surface area (Å²) in [7, 11) is 0. The van der Waals surface area contributed by atoms with E-state index >= 15 is 0 Å². The zero-order valence-corrected chi connectivity index (χ0v) is 11.7. The van der Waals surface area contributed by atoms with Gasteiger partial charge in [0.05, 0.1) is 0 Å². The third kappa shape index (κ3) is 1.89. The van der Waals surface area contributed by atoms with E-state index in [1.165, 1.54) is 0 Å². The molecule has 1 heterocycles. The smallest absolute Gasteiger partial charge is 0.248 e. The van der Waals surface area contributed by atoms with E-state index in [1.807, 2.05) is 48.5 Å². The minimum absolute atomic E-state index is 0.239. The van der Waals surface area contributed by atoms with Crippen LogP contribution in [0, 0.1) is 0 Å². The maximum Gasteiger partial charge on any atom is 0.248 e. The van der Waals surface area contributed by atoms with Crippen molar-refractivity contribution in [1.29, 1.82) is 0 Å². The van der Waals surface area contributed by atoms with E-state index in [9.17, 15) is 4.79 Å². The Balaban J connectivity index is 1.97. The third-order valence-electron chi connectivity index (χ3n) is 3.85. The van der Waals surface area contributed by atoms with Gasteiger partial charge in [0.2, 0.25) is 12.7 Å². The average molecular weight is 291 g/mol. The van der Waals surface area contributed by atoms with Crippen molar-refractivity contribution in [2.45, 2.75) is 0 Å². The quantitative estimate of drug-likeness (QED) is 0.787. The number of carbonyl (C=O) groups excluding carboxylic acids is 1. The molecule has 0 aromatic heterocycles. The third-order valence-corrected chi connectivity index (χ3v) is 3.85. The van der Waals surface area contributed by atoms with Crippen LogP contribution >= 0.6 is 0 Å². The Labute approximate surface area is 127 Å². The van der Waals surface area contributed by atoms with Crippen LogP contribution in [0.4, 0.5) is 0 Å². The van der Waals surface area contributed by atoms with Crippen LogP contribution in [0.3, 0.4) is 0 Å². The standard InChI is InChI=1S/C18H13NO3/c19-18(20)12-7-8-13-11(9-12)3-1-4-14(13)15-5-2-6-16-17(15)22-10-21-16/h1-9H,10H2,(H2,19,20). The number of nitrogens with two attached hydrogens (primary N) is 1. The topological polar surface area (TPSA) is 61.6 Å². The van der Waals surface area contributed by atoms with Crippen molar-refractivity contribution in [3.8, 4) is 22.6 Å². The number of benzene rings is 3. The molecule has 3 aromatic carbocycles. The van der Waals surface area contributed by atoms with Gasteiger partial charge in [0, 0.05) is 11.1 Å². The molecule has 4 heteroatoms. The van der Waals surface area contributed by atoms with E-state index in [1.54, 1.807) is 6.07 Å². The van der Waals surface area contributed by atoms with Gasteiger partial charge in [-0.15, -0.1) is 0 Å². The molecule has 0 unspecified atom stereocenters. The lowest BCUT2D eigenvalue weighted by molar-refractivity contribution is 0.100. The predicted octanol–water partition coefficient (Wildman–Crippen LogP) is 3.33. The fraction of sp³-hybridized carbons (Fsp3) is 0.0556. The summed E-state index contributed by atoms with van der Waals surface area (Å²) in [5, 5.41) is 2.00. The zero-order chi connectivity index (χ0) is 15.1. The molecular formula is C18H13NO3. The van der Waals surface area contributed by atoms with Gasteiger partial charge >= 0.3 is 0 Å². The molecule has 108 valence electrons. The first kappa shape index (κ1) is 12.7. The minimum Gasteiger partial charge on any atom is -0.454 e. The Morgan fingerprint density at radius 3 is 2.64 bits per heavy atom. The van der Waals surface area contributed by atoms with Crippen LogP contribution in [-0.4, -0.2) is 12.7 Å². The number of hydrogen-bond acceptors (Lipinski definition) is 3. The molecule has 0 saturated carbocycles. The lowest BCUT2D eigenvalue weighted by Gasteiger charge is -2.10. The second-order valence-corrected chi connectivity index (χ2v) is 5.15. The Morgan fingerprint density at radius 2 is 1.77 bits per heavy atom. The van der Waals surface area contributed by atoms with Crippen LogP contribution in [0.5, 0.6) is 11.5 Å². The normalized spacial score (nSPS) is 12.5. The van der Waals surface area contributed by atoms with Crippen molar-refractivity contribution >= 4 is 16.7 Å². The van der Waals surface area contributed by atoms with Gasteiger partial charge in [-0.05, 0) is 34.5 Å². The van der Waals surface area contributed by atoms with Crippen molar-refractivity contribution < 1.29 is 14.3 Å². The highest BCUT2D eigenvalue weighted by atomic mass is 16.7. The fourth-order valence-corrected chi connectivity index (χ4v) is 2.81. The summed E-state index contributed by atoms with van der Waals surface area (Å²) >= 11 is 0. The molecule has 1 amide bonds. The maximum absolute atomic E-state index is 11.3. The van der Waals surface area contributed by atoms with Crippen molar-refractivity contribution in [2.75, 3.05) is 6.79 Å². The molecule has 1 aliphatic heterocycles. The summed E-state index contributed by atoms with van der Waals surface area (Å²) in [6.07, 6.45) is 0. The van der Waals surface area contributed by atoms with Crippen LogP contribution in [0.25, 0.3) is 21.9 Å². The highest BCUT2D eigenvalue weighted by molar-refractivity contribution is 6.03. The molecule has 0 atom stereocenters. The first-order chi connectivity index (χ1) is 10.7. The lowest BCUT2D eigenvalue weighted by Crippen LogP contribution is -2.10. The number of para-hydroxylation sites is 1. The molecule has 0 radical (unpaired) electrons. The first-order valence-electron chi connectivity index (χ1n) is 6.95. The van der Waals surface area contributed by atoms with Crippen LogP contribution in [-0.2, 0) is 0 Å². The van der Waals surface area contributed by atoms with Gasteiger partial charge in [0.1, 0.15) is 0 Å². The minimum atomic E-state index is -0.426. The van der Waals surface area contributed by atoms with E-state index < -0.39 is 5.91 Å².